The molecule has 0 fully saturated rings. The summed E-state index contributed by atoms with van der Waals surface area (Å²) in [5.74, 6) is -2.56. The Morgan fingerprint density at radius 1 is 1.02 bits per heavy atom. The summed E-state index contributed by atoms with van der Waals surface area (Å²) in [4.78, 5) is 45.0. The molecule has 2 atom stereocenters. The Labute approximate surface area is 240 Å². The number of fused-ring (bicyclic) bond motifs is 5. The maximum absolute atomic E-state index is 14.7. The summed E-state index contributed by atoms with van der Waals surface area (Å²) in [6, 6.07) is 9.26. The predicted molar refractivity (Wildman–Crippen MR) is 152 cm³/mol. The molecule has 210 valence electrons. The highest BCUT2D eigenvalue weighted by Gasteiger charge is 2.32. The fourth-order valence-electron chi connectivity index (χ4n) is 5.87. The average molecular weight is 577 g/mol. The van der Waals surface area contributed by atoms with Gasteiger partial charge in [-0.2, -0.15) is 0 Å². The summed E-state index contributed by atoms with van der Waals surface area (Å²) in [6.07, 6.45) is 5.22. The van der Waals surface area contributed by atoms with Gasteiger partial charge >= 0.3 is 0 Å². The van der Waals surface area contributed by atoms with Gasteiger partial charge in [0.05, 0.1) is 34.4 Å². The molecule has 6 rings (SSSR count). The quantitative estimate of drug-likeness (QED) is 0.351. The van der Waals surface area contributed by atoms with E-state index >= 15 is 0 Å². The van der Waals surface area contributed by atoms with E-state index in [2.05, 4.69) is 15.6 Å². The van der Waals surface area contributed by atoms with Crippen molar-refractivity contribution in [2.24, 2.45) is 5.92 Å². The molecule has 3 aromatic rings. The molecule has 3 aliphatic heterocycles. The molecule has 1 aromatic heterocycles. The van der Waals surface area contributed by atoms with Gasteiger partial charge in [-0.15, -0.1) is 0 Å². The number of rotatable bonds is 2. The highest BCUT2D eigenvalue weighted by Crippen LogP contribution is 2.40. The molecule has 0 saturated carbocycles. The van der Waals surface area contributed by atoms with Gasteiger partial charge in [0, 0.05) is 36.0 Å². The van der Waals surface area contributed by atoms with E-state index < -0.39 is 17.7 Å². The van der Waals surface area contributed by atoms with Gasteiger partial charge in [-0.3, -0.25) is 19.4 Å². The number of hydrogen-bond acceptors (Lipinski definition) is 4. The number of carbonyl (C=O) groups excluding carboxylic acids is 3. The van der Waals surface area contributed by atoms with Crippen LogP contribution in [0.15, 0.2) is 48.7 Å². The molecule has 4 heterocycles. The SMILES string of the molecule is CC1CCCC(N2CCC(c3c(F)ccc(Cl)c3F)=CC2=O)c2cc(ccn2)-c2cc3c(cc2NC1=O)NC(=O)C3. The third-order valence-electron chi connectivity index (χ3n) is 8.07. The summed E-state index contributed by atoms with van der Waals surface area (Å²) in [7, 11) is 0. The molecular weight excluding hydrogens is 550 g/mol. The van der Waals surface area contributed by atoms with Crippen LogP contribution in [0.3, 0.4) is 0 Å². The lowest BCUT2D eigenvalue weighted by atomic mass is 9.92. The fraction of sp³-hybridized carbons (Fsp3) is 0.290. The fourth-order valence-corrected chi connectivity index (χ4v) is 6.02. The van der Waals surface area contributed by atoms with Gasteiger partial charge in [-0.1, -0.05) is 24.9 Å². The number of nitrogens with one attached hydrogen (secondary N) is 2. The van der Waals surface area contributed by atoms with Crippen molar-refractivity contribution in [1.82, 2.24) is 9.88 Å². The number of halogens is 3. The second-order valence-corrected chi connectivity index (χ2v) is 11.2. The third kappa shape index (κ3) is 5.10. The zero-order valence-corrected chi connectivity index (χ0v) is 23.0. The number of anilines is 2. The monoisotopic (exact) mass is 576 g/mol. The Hall–Kier alpha value is -4.11. The summed E-state index contributed by atoms with van der Waals surface area (Å²) >= 11 is 5.89. The Morgan fingerprint density at radius 2 is 1.85 bits per heavy atom. The summed E-state index contributed by atoms with van der Waals surface area (Å²) in [5, 5.41) is 5.68. The zero-order chi connectivity index (χ0) is 28.8. The van der Waals surface area contributed by atoms with Crippen molar-refractivity contribution >= 4 is 46.3 Å². The van der Waals surface area contributed by atoms with Crippen molar-refractivity contribution in [3.63, 3.8) is 0 Å². The molecule has 0 saturated heterocycles. The lowest BCUT2D eigenvalue weighted by Crippen LogP contribution is -2.38. The smallest absolute Gasteiger partial charge is 0.247 e. The first-order chi connectivity index (χ1) is 19.7. The van der Waals surface area contributed by atoms with Gasteiger partial charge in [0.1, 0.15) is 5.82 Å². The predicted octanol–water partition coefficient (Wildman–Crippen LogP) is 6.29. The molecule has 3 amide bonds. The lowest BCUT2D eigenvalue weighted by Gasteiger charge is -2.34. The second kappa shape index (κ2) is 10.7. The minimum absolute atomic E-state index is 0.107. The number of aromatic nitrogens is 1. The van der Waals surface area contributed by atoms with E-state index in [9.17, 15) is 23.2 Å². The van der Waals surface area contributed by atoms with Crippen molar-refractivity contribution < 1.29 is 23.2 Å². The Kier molecular flexibility index (Phi) is 7.07. The van der Waals surface area contributed by atoms with Crippen LogP contribution in [-0.4, -0.2) is 34.2 Å². The van der Waals surface area contributed by atoms with Crippen molar-refractivity contribution in [2.45, 2.75) is 45.1 Å². The zero-order valence-electron chi connectivity index (χ0n) is 22.3. The summed E-state index contributed by atoms with van der Waals surface area (Å²) < 4.78 is 29.3. The van der Waals surface area contributed by atoms with Crippen LogP contribution < -0.4 is 10.6 Å². The summed E-state index contributed by atoms with van der Waals surface area (Å²) in [6.45, 7) is 2.10. The van der Waals surface area contributed by atoms with Gasteiger partial charge in [-0.25, -0.2) is 8.78 Å². The summed E-state index contributed by atoms with van der Waals surface area (Å²) in [5.41, 5.74) is 4.29. The van der Waals surface area contributed by atoms with Crippen LogP contribution in [0.1, 0.15) is 55.5 Å². The Balaban J connectivity index is 1.40. The highest BCUT2D eigenvalue weighted by molar-refractivity contribution is 6.31. The molecule has 2 aromatic carbocycles. The van der Waals surface area contributed by atoms with Crippen LogP contribution in [0, 0.1) is 17.6 Å². The molecule has 2 N–H and O–H groups in total. The van der Waals surface area contributed by atoms with E-state index in [0.29, 0.717) is 36.3 Å². The molecule has 0 spiro atoms. The van der Waals surface area contributed by atoms with Gasteiger partial charge in [0.15, 0.2) is 5.82 Å². The van der Waals surface area contributed by atoms with E-state index in [4.69, 9.17) is 11.6 Å². The average Bonchev–Trinajstić information content (AvgIpc) is 3.31. The molecular formula is C31H27ClF2N4O3. The van der Waals surface area contributed by atoms with Crippen LogP contribution in [0.5, 0.6) is 0 Å². The maximum Gasteiger partial charge on any atom is 0.247 e. The lowest BCUT2D eigenvalue weighted by molar-refractivity contribution is -0.129. The molecule has 0 radical (unpaired) electrons. The van der Waals surface area contributed by atoms with Crippen LogP contribution in [-0.2, 0) is 20.8 Å². The standard InChI is InChI=1S/C31H27ClF2N4O3/c1-16-3-2-4-26(38-10-8-18(14-28(38)40)29-22(33)6-5-21(32)30(29)34)25-12-17(7-9-35-25)20-11-19-13-27(39)36-23(19)15-24(20)37-31(16)41/h5-7,9,11-12,14-16,26H,2-4,8,10,13H2,1H3,(H,36,39)(H,37,41). The first kappa shape index (κ1) is 27.1. The highest BCUT2D eigenvalue weighted by atomic mass is 35.5. The first-order valence-corrected chi connectivity index (χ1v) is 14.0. The van der Waals surface area contributed by atoms with Gasteiger partial charge in [0.2, 0.25) is 17.7 Å². The van der Waals surface area contributed by atoms with E-state index in [-0.39, 0.29) is 59.2 Å². The number of benzene rings is 2. The Bertz CT molecular complexity index is 1640. The van der Waals surface area contributed by atoms with E-state index in [1.165, 1.54) is 6.08 Å². The minimum atomic E-state index is -0.881. The minimum Gasteiger partial charge on any atom is -0.330 e. The molecule has 10 heteroatoms. The topological polar surface area (TPSA) is 91.4 Å². The number of carbonyl (C=O) groups is 3. The van der Waals surface area contributed by atoms with E-state index in [0.717, 1.165) is 28.8 Å². The first-order valence-electron chi connectivity index (χ1n) is 13.6. The van der Waals surface area contributed by atoms with Gasteiger partial charge in [0.25, 0.3) is 0 Å². The second-order valence-electron chi connectivity index (χ2n) is 10.8. The third-order valence-corrected chi connectivity index (χ3v) is 8.36. The van der Waals surface area contributed by atoms with Crippen molar-refractivity contribution in [3.8, 4) is 11.1 Å². The van der Waals surface area contributed by atoms with Gasteiger partial charge < -0.3 is 15.5 Å². The van der Waals surface area contributed by atoms with Crippen molar-refractivity contribution in [1.29, 1.82) is 0 Å². The van der Waals surface area contributed by atoms with Gasteiger partial charge in [-0.05, 0) is 72.4 Å². The molecule has 2 unspecified atom stereocenters. The molecule has 3 aliphatic rings. The normalized spacial score (nSPS) is 20.7. The largest absolute Gasteiger partial charge is 0.330 e. The van der Waals surface area contributed by atoms with Crippen LogP contribution in [0.2, 0.25) is 5.02 Å². The van der Waals surface area contributed by atoms with Crippen LogP contribution >= 0.6 is 11.6 Å². The number of amides is 3. The molecule has 0 aliphatic carbocycles. The number of pyridine rings is 1. The van der Waals surface area contributed by atoms with Crippen LogP contribution in [0.25, 0.3) is 16.7 Å². The molecule has 7 nitrogen and oxygen atoms in total. The van der Waals surface area contributed by atoms with Crippen molar-refractivity contribution in [2.75, 3.05) is 17.2 Å². The maximum atomic E-state index is 14.7. The van der Waals surface area contributed by atoms with E-state index in [1.807, 2.05) is 25.1 Å². The number of nitrogens with zero attached hydrogens (tertiary/aromatic N) is 2. The van der Waals surface area contributed by atoms with Crippen molar-refractivity contribution in [3.05, 3.63) is 82.1 Å². The molecule has 2 bridgehead atoms. The van der Waals surface area contributed by atoms with Crippen LogP contribution in [0.4, 0.5) is 20.2 Å². The number of hydrogen-bond donors (Lipinski definition) is 2. The molecule has 41 heavy (non-hydrogen) atoms. The van der Waals surface area contributed by atoms with E-state index in [1.54, 1.807) is 17.2 Å². The Morgan fingerprint density at radius 3 is 2.66 bits per heavy atom.